The lowest BCUT2D eigenvalue weighted by molar-refractivity contribution is 0.282. The zero-order valence-electron chi connectivity index (χ0n) is 15.3. The van der Waals surface area contributed by atoms with Crippen LogP contribution in [0.25, 0.3) is 22.3 Å². The standard InChI is InChI=1S/C22H16N6O/c23-12-21-22(26-20-7-2-1-6-19(20)25-21)17-11-16(8-9-18(17)24)28-27-15-5-3-4-14(10-15)13-29/h1-11,29H,13,24H2. The van der Waals surface area contributed by atoms with Crippen molar-refractivity contribution in [2.75, 3.05) is 5.73 Å². The zero-order chi connectivity index (χ0) is 20.2. The van der Waals surface area contributed by atoms with E-state index in [-0.39, 0.29) is 12.3 Å². The predicted octanol–water partition coefficient (Wildman–Crippen LogP) is 4.66. The van der Waals surface area contributed by atoms with Crippen LogP contribution < -0.4 is 5.73 Å². The van der Waals surface area contributed by atoms with Gasteiger partial charge >= 0.3 is 0 Å². The first-order valence-electron chi connectivity index (χ1n) is 8.86. The fourth-order valence-electron chi connectivity index (χ4n) is 2.91. The highest BCUT2D eigenvalue weighted by molar-refractivity contribution is 5.84. The van der Waals surface area contributed by atoms with E-state index in [0.29, 0.717) is 39.4 Å². The largest absolute Gasteiger partial charge is 0.398 e. The van der Waals surface area contributed by atoms with Crippen molar-refractivity contribution in [3.8, 4) is 17.3 Å². The lowest BCUT2D eigenvalue weighted by atomic mass is 10.1. The van der Waals surface area contributed by atoms with E-state index in [0.717, 1.165) is 5.56 Å². The Kier molecular flexibility index (Phi) is 4.93. The van der Waals surface area contributed by atoms with Gasteiger partial charge in [0.25, 0.3) is 0 Å². The molecule has 0 saturated heterocycles. The van der Waals surface area contributed by atoms with Crippen LogP contribution in [-0.4, -0.2) is 15.1 Å². The molecular weight excluding hydrogens is 364 g/mol. The van der Waals surface area contributed by atoms with E-state index < -0.39 is 0 Å². The minimum atomic E-state index is -0.0626. The van der Waals surface area contributed by atoms with Crippen molar-refractivity contribution >= 4 is 28.1 Å². The van der Waals surface area contributed by atoms with E-state index >= 15 is 0 Å². The first kappa shape index (κ1) is 18.2. The van der Waals surface area contributed by atoms with Crippen LogP contribution in [0.3, 0.4) is 0 Å². The summed E-state index contributed by atoms with van der Waals surface area (Å²) in [5.74, 6) is 0. The number of fused-ring (bicyclic) bond motifs is 1. The van der Waals surface area contributed by atoms with Crippen molar-refractivity contribution in [1.29, 1.82) is 5.26 Å². The van der Waals surface area contributed by atoms with E-state index in [9.17, 15) is 10.4 Å². The van der Waals surface area contributed by atoms with Gasteiger partial charge in [0.05, 0.1) is 29.0 Å². The average molecular weight is 380 g/mol. The van der Waals surface area contributed by atoms with Gasteiger partial charge in [0.1, 0.15) is 11.8 Å². The number of azo groups is 1. The Morgan fingerprint density at radius 1 is 0.897 bits per heavy atom. The number of nitrogens with zero attached hydrogens (tertiary/aromatic N) is 5. The van der Waals surface area contributed by atoms with Crippen LogP contribution in [-0.2, 0) is 6.61 Å². The molecule has 0 fully saturated rings. The Morgan fingerprint density at radius 2 is 1.62 bits per heavy atom. The molecule has 0 amide bonds. The summed E-state index contributed by atoms with van der Waals surface area (Å²) < 4.78 is 0. The number of anilines is 1. The molecule has 4 rings (SSSR count). The fourth-order valence-corrected chi connectivity index (χ4v) is 2.91. The Labute approximate surface area is 166 Å². The Bertz CT molecular complexity index is 1280. The average Bonchev–Trinajstić information content (AvgIpc) is 2.77. The van der Waals surface area contributed by atoms with Crippen LogP contribution in [0.15, 0.2) is 77.0 Å². The summed E-state index contributed by atoms with van der Waals surface area (Å²) in [6.45, 7) is -0.0626. The maximum absolute atomic E-state index is 9.55. The number of nitrogens with two attached hydrogens (primary N) is 1. The summed E-state index contributed by atoms with van der Waals surface area (Å²) in [4.78, 5) is 8.99. The maximum atomic E-state index is 9.55. The van der Waals surface area contributed by atoms with Gasteiger partial charge < -0.3 is 10.8 Å². The molecule has 0 atom stereocenters. The molecule has 0 aliphatic carbocycles. The predicted molar refractivity (Wildman–Crippen MR) is 111 cm³/mol. The molecule has 3 N–H and O–H groups in total. The van der Waals surface area contributed by atoms with E-state index in [4.69, 9.17) is 5.73 Å². The number of aromatic nitrogens is 2. The Morgan fingerprint density at radius 3 is 2.34 bits per heavy atom. The van der Waals surface area contributed by atoms with Gasteiger partial charge in [0.2, 0.25) is 0 Å². The first-order valence-corrected chi connectivity index (χ1v) is 8.86. The Balaban J connectivity index is 1.77. The number of hydrogen-bond acceptors (Lipinski definition) is 7. The normalized spacial score (nSPS) is 11.0. The van der Waals surface area contributed by atoms with Crippen molar-refractivity contribution in [1.82, 2.24) is 9.97 Å². The van der Waals surface area contributed by atoms with Gasteiger partial charge in [-0.3, -0.25) is 0 Å². The van der Waals surface area contributed by atoms with Crippen molar-refractivity contribution in [3.63, 3.8) is 0 Å². The van der Waals surface area contributed by atoms with Gasteiger partial charge in [-0.2, -0.15) is 15.5 Å². The molecule has 0 radical (unpaired) electrons. The number of aliphatic hydroxyl groups excluding tert-OH is 1. The third-order valence-electron chi connectivity index (χ3n) is 4.34. The molecule has 4 aromatic rings. The van der Waals surface area contributed by atoms with Crippen molar-refractivity contribution in [2.45, 2.75) is 6.61 Å². The highest BCUT2D eigenvalue weighted by Crippen LogP contribution is 2.32. The molecule has 3 aromatic carbocycles. The minimum absolute atomic E-state index is 0.0626. The van der Waals surface area contributed by atoms with Crippen LogP contribution in [0.4, 0.5) is 17.1 Å². The molecule has 0 spiro atoms. The fraction of sp³-hybridized carbons (Fsp3) is 0.0455. The molecule has 1 aromatic heterocycles. The van der Waals surface area contributed by atoms with Crippen LogP contribution in [0.1, 0.15) is 11.3 Å². The van der Waals surface area contributed by atoms with Crippen molar-refractivity contribution in [3.05, 3.63) is 78.0 Å². The number of benzene rings is 3. The van der Waals surface area contributed by atoms with Crippen LogP contribution >= 0.6 is 0 Å². The molecule has 0 unspecified atom stereocenters. The van der Waals surface area contributed by atoms with E-state index in [2.05, 4.69) is 26.3 Å². The summed E-state index contributed by atoms with van der Waals surface area (Å²) in [6, 6.07) is 21.8. The summed E-state index contributed by atoms with van der Waals surface area (Å²) >= 11 is 0. The molecule has 0 bridgehead atoms. The molecular formula is C22H16N6O. The lowest BCUT2D eigenvalue weighted by Crippen LogP contribution is -1.98. The molecule has 0 aliphatic rings. The Hall–Kier alpha value is -4.15. The van der Waals surface area contributed by atoms with E-state index in [1.807, 2.05) is 24.3 Å². The topological polar surface area (TPSA) is 121 Å². The number of para-hydroxylation sites is 2. The SMILES string of the molecule is N#Cc1nc2ccccc2nc1-c1cc(N=Nc2cccc(CO)c2)ccc1N. The number of aliphatic hydroxyl groups is 1. The highest BCUT2D eigenvalue weighted by atomic mass is 16.3. The quantitative estimate of drug-likeness (QED) is 0.394. The van der Waals surface area contributed by atoms with Crippen molar-refractivity contribution in [2.24, 2.45) is 10.2 Å². The van der Waals surface area contributed by atoms with Crippen LogP contribution in [0.5, 0.6) is 0 Å². The molecule has 29 heavy (non-hydrogen) atoms. The molecule has 140 valence electrons. The monoisotopic (exact) mass is 380 g/mol. The zero-order valence-corrected chi connectivity index (χ0v) is 15.3. The second-order valence-corrected chi connectivity index (χ2v) is 6.32. The molecule has 0 saturated carbocycles. The number of hydrogen-bond donors (Lipinski definition) is 2. The van der Waals surface area contributed by atoms with Crippen molar-refractivity contribution < 1.29 is 5.11 Å². The molecule has 7 nitrogen and oxygen atoms in total. The van der Waals surface area contributed by atoms with Gasteiger partial charge in [-0.15, -0.1) is 0 Å². The summed E-state index contributed by atoms with van der Waals surface area (Å²) in [7, 11) is 0. The third kappa shape index (κ3) is 3.78. The van der Waals surface area contributed by atoms with Gasteiger partial charge in [-0.25, -0.2) is 9.97 Å². The van der Waals surface area contributed by atoms with Gasteiger partial charge in [-0.05, 0) is 48.0 Å². The van der Waals surface area contributed by atoms with E-state index in [1.165, 1.54) is 0 Å². The number of nitriles is 1. The van der Waals surface area contributed by atoms with Crippen LogP contribution in [0, 0.1) is 11.3 Å². The van der Waals surface area contributed by atoms with Gasteiger partial charge in [0.15, 0.2) is 5.69 Å². The smallest absolute Gasteiger partial charge is 0.167 e. The van der Waals surface area contributed by atoms with Gasteiger partial charge in [0, 0.05) is 11.3 Å². The second-order valence-electron chi connectivity index (χ2n) is 6.32. The molecule has 7 heteroatoms. The summed E-state index contributed by atoms with van der Waals surface area (Å²) in [6.07, 6.45) is 0. The maximum Gasteiger partial charge on any atom is 0.167 e. The first-order chi connectivity index (χ1) is 14.2. The van der Waals surface area contributed by atoms with Crippen LogP contribution in [0.2, 0.25) is 0 Å². The summed E-state index contributed by atoms with van der Waals surface area (Å²) in [5, 5.41) is 27.3. The highest BCUT2D eigenvalue weighted by Gasteiger charge is 2.14. The number of nitrogen functional groups attached to an aromatic ring is 1. The molecule has 0 aliphatic heterocycles. The minimum Gasteiger partial charge on any atom is -0.398 e. The number of rotatable bonds is 4. The molecule has 1 heterocycles. The summed E-state index contributed by atoms with van der Waals surface area (Å²) in [5.41, 5.74) is 11.0. The third-order valence-corrected chi connectivity index (χ3v) is 4.34. The van der Waals surface area contributed by atoms with Gasteiger partial charge in [-0.1, -0.05) is 24.3 Å². The second kappa shape index (κ2) is 7.84. The van der Waals surface area contributed by atoms with E-state index in [1.54, 1.807) is 42.5 Å². The lowest BCUT2D eigenvalue weighted by Gasteiger charge is -2.08.